The summed E-state index contributed by atoms with van der Waals surface area (Å²) in [6.07, 6.45) is 59.4. The summed E-state index contributed by atoms with van der Waals surface area (Å²) < 4.78 is 68.7. The molecule has 0 aromatic carbocycles. The molecule has 0 spiro atoms. The number of phosphoric acid groups is 2. The van der Waals surface area contributed by atoms with Gasteiger partial charge in [0.2, 0.25) is 0 Å². The van der Waals surface area contributed by atoms with Crippen molar-refractivity contribution >= 4 is 39.5 Å². The van der Waals surface area contributed by atoms with Crippen molar-refractivity contribution in [2.45, 2.75) is 432 Å². The van der Waals surface area contributed by atoms with Crippen LogP contribution in [0.4, 0.5) is 0 Å². The molecule has 0 bridgehead atoms. The van der Waals surface area contributed by atoms with Crippen molar-refractivity contribution in [3.05, 3.63) is 0 Å². The smallest absolute Gasteiger partial charge is 0.462 e. The van der Waals surface area contributed by atoms with E-state index in [0.717, 1.165) is 102 Å². The van der Waals surface area contributed by atoms with Crippen LogP contribution in [0.2, 0.25) is 0 Å². The van der Waals surface area contributed by atoms with E-state index in [2.05, 4.69) is 41.5 Å². The number of ether oxygens (including phenoxy) is 4. The van der Waals surface area contributed by atoms with Crippen molar-refractivity contribution in [3.8, 4) is 0 Å². The van der Waals surface area contributed by atoms with E-state index in [1.807, 2.05) is 0 Å². The molecule has 0 saturated carbocycles. The lowest BCUT2D eigenvalue weighted by molar-refractivity contribution is -0.161. The topological polar surface area (TPSA) is 237 Å². The minimum absolute atomic E-state index is 0.108. The maximum Gasteiger partial charge on any atom is 0.472 e. The van der Waals surface area contributed by atoms with Crippen molar-refractivity contribution in [1.29, 1.82) is 0 Å². The van der Waals surface area contributed by atoms with Gasteiger partial charge in [0.15, 0.2) is 12.2 Å². The zero-order valence-electron chi connectivity index (χ0n) is 64.1. The van der Waals surface area contributed by atoms with Crippen LogP contribution in [-0.2, 0) is 65.4 Å². The van der Waals surface area contributed by atoms with Gasteiger partial charge in [-0.1, -0.05) is 363 Å². The molecule has 5 atom stereocenters. The predicted octanol–water partition coefficient (Wildman–Crippen LogP) is 23.5. The van der Waals surface area contributed by atoms with Gasteiger partial charge < -0.3 is 33.8 Å². The summed E-state index contributed by atoms with van der Waals surface area (Å²) in [5.41, 5.74) is 0. The normalized spacial score (nSPS) is 13.9. The lowest BCUT2D eigenvalue weighted by Crippen LogP contribution is -2.30. The summed E-state index contributed by atoms with van der Waals surface area (Å²) in [7, 11) is -9.92. The molecule has 0 radical (unpaired) electrons. The fourth-order valence-electron chi connectivity index (χ4n) is 12.2. The number of rotatable bonds is 78. The molecular formula is C79H154O17P2. The first kappa shape index (κ1) is 96.1. The van der Waals surface area contributed by atoms with Crippen LogP contribution in [0.1, 0.15) is 414 Å². The number of hydrogen-bond donors (Lipinski definition) is 3. The average Bonchev–Trinajstić information content (AvgIpc) is 2.61. The molecule has 3 N–H and O–H groups in total. The van der Waals surface area contributed by atoms with Gasteiger partial charge in [-0.3, -0.25) is 37.3 Å². The minimum Gasteiger partial charge on any atom is -0.462 e. The number of unbranched alkanes of at least 4 members (excludes halogenated alkanes) is 48. The van der Waals surface area contributed by atoms with Crippen LogP contribution in [0.5, 0.6) is 0 Å². The summed E-state index contributed by atoms with van der Waals surface area (Å²) in [6.45, 7) is 9.65. The fourth-order valence-corrected chi connectivity index (χ4v) is 13.8. The zero-order chi connectivity index (χ0) is 72.1. The van der Waals surface area contributed by atoms with E-state index < -0.39 is 97.5 Å². The number of hydrogen-bond acceptors (Lipinski definition) is 15. The molecule has 0 rings (SSSR count). The number of carbonyl (C=O) groups excluding carboxylic acids is 4. The summed E-state index contributed by atoms with van der Waals surface area (Å²) in [6, 6.07) is 0. The Morgan fingerprint density at radius 3 is 0.694 bits per heavy atom. The van der Waals surface area contributed by atoms with E-state index in [4.69, 9.17) is 37.0 Å². The minimum atomic E-state index is -4.96. The molecule has 0 heterocycles. The third-order valence-electron chi connectivity index (χ3n) is 18.5. The van der Waals surface area contributed by atoms with Gasteiger partial charge >= 0.3 is 39.5 Å². The predicted molar refractivity (Wildman–Crippen MR) is 400 cm³/mol. The number of phosphoric ester groups is 2. The molecular weight excluding hydrogens is 1280 g/mol. The first-order valence-electron chi connectivity index (χ1n) is 41.0. The standard InChI is InChI=1S/C79H154O17P2/c1-7-9-11-13-15-17-19-21-26-30-37-43-49-55-61-76(81)89-67-74(95-79(84)64-58-52-46-40-32-28-24-23-25-29-35-41-47-53-59-71(3)4)69-93-97(85,86)91-65-73(80)66-92-98(87,88)94-70-75(68-90-77(82)62-56-50-44-38-34-33-36-42-48-54-60-72(5)6)96-78(83)63-57-51-45-39-31-27-22-20-18-16-14-12-10-8-2/h71-75,80H,7-70H2,1-6H3,(H,85,86)(H,87,88)/t73-,74-,75-/m1/s1. The van der Waals surface area contributed by atoms with Gasteiger partial charge in [0.1, 0.15) is 19.3 Å². The van der Waals surface area contributed by atoms with E-state index in [9.17, 15) is 43.2 Å². The molecule has 0 amide bonds. The molecule has 582 valence electrons. The van der Waals surface area contributed by atoms with E-state index in [1.165, 1.54) is 231 Å². The molecule has 98 heavy (non-hydrogen) atoms. The van der Waals surface area contributed by atoms with Crippen molar-refractivity contribution in [2.75, 3.05) is 39.6 Å². The summed E-state index contributed by atoms with van der Waals surface area (Å²) in [4.78, 5) is 73.0. The zero-order valence-corrected chi connectivity index (χ0v) is 65.9. The summed E-state index contributed by atoms with van der Waals surface area (Å²) in [5, 5.41) is 10.6. The van der Waals surface area contributed by atoms with Gasteiger partial charge in [-0.15, -0.1) is 0 Å². The first-order valence-corrected chi connectivity index (χ1v) is 44.0. The van der Waals surface area contributed by atoms with Crippen LogP contribution in [0.3, 0.4) is 0 Å². The van der Waals surface area contributed by atoms with Crippen LogP contribution >= 0.6 is 15.6 Å². The Morgan fingerprint density at radius 1 is 0.276 bits per heavy atom. The number of aliphatic hydroxyl groups is 1. The van der Waals surface area contributed by atoms with Crippen molar-refractivity contribution < 1.29 is 80.2 Å². The highest BCUT2D eigenvalue weighted by Crippen LogP contribution is 2.45. The maximum atomic E-state index is 13.1. The third-order valence-corrected chi connectivity index (χ3v) is 20.4. The van der Waals surface area contributed by atoms with Gasteiger partial charge in [0.05, 0.1) is 26.4 Å². The second-order valence-electron chi connectivity index (χ2n) is 29.4. The van der Waals surface area contributed by atoms with Gasteiger partial charge in [-0.05, 0) is 37.5 Å². The second kappa shape index (κ2) is 70.7. The molecule has 0 saturated heterocycles. The molecule has 0 aliphatic heterocycles. The van der Waals surface area contributed by atoms with Crippen molar-refractivity contribution in [3.63, 3.8) is 0 Å². The summed E-state index contributed by atoms with van der Waals surface area (Å²) in [5.74, 6) is -0.554. The molecule has 0 aliphatic rings. The van der Waals surface area contributed by atoms with E-state index >= 15 is 0 Å². The highest BCUT2D eigenvalue weighted by Gasteiger charge is 2.30. The molecule has 17 nitrogen and oxygen atoms in total. The Hall–Kier alpha value is -1.94. The quantitative estimate of drug-likeness (QED) is 0.0222. The number of aliphatic hydroxyl groups excluding tert-OH is 1. The molecule has 0 aliphatic carbocycles. The Morgan fingerprint density at radius 2 is 0.469 bits per heavy atom. The Kier molecular flexibility index (Phi) is 69.3. The Bertz CT molecular complexity index is 1890. The van der Waals surface area contributed by atoms with E-state index in [1.54, 1.807) is 0 Å². The average molecular weight is 1440 g/mol. The Labute approximate surface area is 600 Å². The van der Waals surface area contributed by atoms with Crippen LogP contribution < -0.4 is 0 Å². The molecule has 19 heteroatoms. The van der Waals surface area contributed by atoms with E-state index in [0.29, 0.717) is 25.7 Å². The summed E-state index contributed by atoms with van der Waals surface area (Å²) >= 11 is 0. The maximum absolute atomic E-state index is 13.1. The fraction of sp³-hybridized carbons (Fsp3) is 0.949. The highest BCUT2D eigenvalue weighted by atomic mass is 31.2. The highest BCUT2D eigenvalue weighted by molar-refractivity contribution is 7.47. The van der Waals surface area contributed by atoms with Crippen LogP contribution in [0, 0.1) is 11.8 Å². The lowest BCUT2D eigenvalue weighted by Gasteiger charge is -2.21. The molecule has 0 aromatic heterocycles. The number of esters is 4. The first-order chi connectivity index (χ1) is 47.4. The monoisotopic (exact) mass is 1440 g/mol. The SMILES string of the molecule is CCCCCCCCCCCCCCCCC(=O)OC[C@H](COP(=O)(O)OC[C@@H](O)COP(=O)(O)OC[C@@H](COC(=O)CCCCCCCCCCCCC(C)C)OC(=O)CCCCCCCCCCCCCCCC)OC(=O)CCCCCCCCCCCCCCCCC(C)C. The van der Waals surface area contributed by atoms with Gasteiger partial charge in [-0.2, -0.15) is 0 Å². The van der Waals surface area contributed by atoms with Gasteiger partial charge in [0, 0.05) is 25.7 Å². The second-order valence-corrected chi connectivity index (χ2v) is 32.3. The third kappa shape index (κ3) is 72.4. The van der Waals surface area contributed by atoms with Gasteiger partial charge in [0.25, 0.3) is 0 Å². The van der Waals surface area contributed by atoms with Gasteiger partial charge in [-0.25, -0.2) is 9.13 Å². The van der Waals surface area contributed by atoms with Crippen LogP contribution in [-0.4, -0.2) is 96.7 Å². The van der Waals surface area contributed by atoms with Crippen LogP contribution in [0.15, 0.2) is 0 Å². The van der Waals surface area contributed by atoms with Crippen molar-refractivity contribution in [1.82, 2.24) is 0 Å². The Balaban J connectivity index is 5.27. The molecule has 0 fully saturated rings. The molecule has 2 unspecified atom stereocenters. The molecule has 0 aromatic rings. The van der Waals surface area contributed by atoms with Crippen molar-refractivity contribution in [2.24, 2.45) is 11.8 Å². The van der Waals surface area contributed by atoms with Crippen LogP contribution in [0.25, 0.3) is 0 Å². The lowest BCUT2D eigenvalue weighted by atomic mass is 10.0. The van der Waals surface area contributed by atoms with E-state index in [-0.39, 0.29) is 25.7 Å². The number of carbonyl (C=O) groups is 4. The largest absolute Gasteiger partial charge is 0.472 e.